The van der Waals surface area contributed by atoms with E-state index in [-0.39, 0.29) is 0 Å². The zero-order valence-corrected chi connectivity index (χ0v) is 10.9. The first-order valence-electron chi connectivity index (χ1n) is 5.70. The number of hydrogen-bond donors (Lipinski definition) is 0. The summed E-state index contributed by atoms with van der Waals surface area (Å²) in [5.74, 6) is 0.462. The molecule has 0 aliphatic heterocycles. The first-order valence-corrected chi connectivity index (χ1v) is 5.70. The molecule has 1 rings (SSSR count). The van der Waals surface area contributed by atoms with E-state index >= 15 is 0 Å². The highest BCUT2D eigenvalue weighted by molar-refractivity contribution is 5.45. The van der Waals surface area contributed by atoms with Crippen molar-refractivity contribution in [3.8, 4) is 11.9 Å². The van der Waals surface area contributed by atoms with Crippen molar-refractivity contribution in [1.29, 1.82) is 5.26 Å². The van der Waals surface area contributed by atoms with Crippen LogP contribution < -0.4 is 4.74 Å². The second-order valence-corrected chi connectivity index (χ2v) is 4.38. The molecule has 1 heterocycles. The van der Waals surface area contributed by atoms with Gasteiger partial charge in [0.15, 0.2) is 0 Å². The molecule has 0 saturated carbocycles. The van der Waals surface area contributed by atoms with Crippen LogP contribution in [-0.4, -0.2) is 37.1 Å². The largest absolute Gasteiger partial charge is 0.477 e. The Balaban J connectivity index is 2.67. The van der Waals surface area contributed by atoms with Crippen LogP contribution in [0.1, 0.15) is 23.2 Å². The van der Waals surface area contributed by atoms with Gasteiger partial charge < -0.3 is 9.64 Å². The van der Waals surface area contributed by atoms with Crippen molar-refractivity contribution in [1.82, 2.24) is 9.88 Å². The number of nitrogens with zero attached hydrogens (tertiary/aromatic N) is 3. The van der Waals surface area contributed by atoms with Gasteiger partial charge in [-0.25, -0.2) is 4.98 Å². The number of ether oxygens (including phenoxy) is 1. The minimum Gasteiger partial charge on any atom is -0.477 e. The predicted molar refractivity (Wildman–Crippen MR) is 67.1 cm³/mol. The molecule has 4 heteroatoms. The molecule has 0 unspecified atom stereocenters. The normalized spacial score (nSPS) is 10.4. The highest BCUT2D eigenvalue weighted by atomic mass is 16.5. The van der Waals surface area contributed by atoms with Crippen molar-refractivity contribution in [2.75, 3.05) is 27.2 Å². The Bertz CT molecular complexity index is 421. The third-order valence-corrected chi connectivity index (χ3v) is 2.41. The van der Waals surface area contributed by atoms with Gasteiger partial charge in [0.1, 0.15) is 11.6 Å². The summed E-state index contributed by atoms with van der Waals surface area (Å²) in [5, 5.41) is 9.06. The Labute approximate surface area is 103 Å². The lowest BCUT2D eigenvalue weighted by Crippen LogP contribution is -2.16. The van der Waals surface area contributed by atoms with Crippen LogP contribution in [0.3, 0.4) is 0 Å². The van der Waals surface area contributed by atoms with Gasteiger partial charge >= 0.3 is 0 Å². The first-order chi connectivity index (χ1) is 8.04. The number of pyridine rings is 1. The van der Waals surface area contributed by atoms with Gasteiger partial charge in [0, 0.05) is 12.2 Å². The van der Waals surface area contributed by atoms with Crippen LogP contribution in [0.4, 0.5) is 0 Å². The molecule has 0 aliphatic rings. The Morgan fingerprint density at radius 2 is 2.12 bits per heavy atom. The summed E-state index contributed by atoms with van der Waals surface area (Å²) in [6.07, 6.45) is 0.923. The van der Waals surface area contributed by atoms with E-state index in [1.165, 1.54) is 0 Å². The second-order valence-electron chi connectivity index (χ2n) is 4.38. The fraction of sp³-hybridized carbons (Fsp3) is 0.538. The van der Waals surface area contributed by atoms with Gasteiger partial charge in [0.2, 0.25) is 5.88 Å². The Kier molecular flexibility index (Phi) is 4.92. The maximum atomic E-state index is 9.06. The average molecular weight is 233 g/mol. The Hall–Kier alpha value is -1.60. The number of aryl methyl sites for hydroxylation is 2. The maximum absolute atomic E-state index is 9.06. The van der Waals surface area contributed by atoms with Crippen molar-refractivity contribution in [3.05, 3.63) is 22.9 Å². The van der Waals surface area contributed by atoms with Crippen LogP contribution in [0.5, 0.6) is 5.88 Å². The van der Waals surface area contributed by atoms with E-state index in [4.69, 9.17) is 10.00 Å². The second kappa shape index (κ2) is 6.21. The minimum atomic E-state index is 0.462. The summed E-state index contributed by atoms with van der Waals surface area (Å²) >= 11 is 0. The standard InChI is InChI=1S/C13H19N3O/c1-10-8-11(2)15-13(12(10)9-14)17-7-5-6-16(3)4/h8H,5-7H2,1-4H3. The van der Waals surface area contributed by atoms with Crippen molar-refractivity contribution in [2.24, 2.45) is 0 Å². The van der Waals surface area contributed by atoms with Crippen LogP contribution in [0.2, 0.25) is 0 Å². The molecule has 17 heavy (non-hydrogen) atoms. The molecule has 0 spiro atoms. The van der Waals surface area contributed by atoms with Gasteiger partial charge in [-0.2, -0.15) is 5.26 Å². The Morgan fingerprint density at radius 1 is 1.41 bits per heavy atom. The lowest BCUT2D eigenvalue weighted by Gasteiger charge is -2.11. The molecule has 1 aromatic rings. The minimum absolute atomic E-state index is 0.462. The van der Waals surface area contributed by atoms with Gasteiger partial charge in [-0.1, -0.05) is 0 Å². The average Bonchev–Trinajstić information content (AvgIpc) is 2.23. The fourth-order valence-corrected chi connectivity index (χ4v) is 1.59. The van der Waals surface area contributed by atoms with Crippen molar-refractivity contribution < 1.29 is 4.74 Å². The van der Waals surface area contributed by atoms with E-state index in [0.29, 0.717) is 18.1 Å². The number of hydrogen-bond acceptors (Lipinski definition) is 4. The van der Waals surface area contributed by atoms with Crippen LogP contribution >= 0.6 is 0 Å². The topological polar surface area (TPSA) is 49.1 Å². The molecule has 0 amide bonds. The molecule has 0 saturated heterocycles. The monoisotopic (exact) mass is 233 g/mol. The Morgan fingerprint density at radius 3 is 2.71 bits per heavy atom. The fourth-order valence-electron chi connectivity index (χ4n) is 1.59. The molecule has 0 N–H and O–H groups in total. The van der Waals surface area contributed by atoms with Crippen molar-refractivity contribution in [2.45, 2.75) is 20.3 Å². The third kappa shape index (κ3) is 4.04. The summed E-state index contributed by atoms with van der Waals surface area (Å²) in [6, 6.07) is 4.04. The van der Waals surface area contributed by atoms with E-state index in [1.54, 1.807) is 0 Å². The van der Waals surface area contributed by atoms with Crippen molar-refractivity contribution in [3.63, 3.8) is 0 Å². The van der Waals surface area contributed by atoms with Gasteiger partial charge in [-0.3, -0.25) is 0 Å². The zero-order chi connectivity index (χ0) is 12.8. The summed E-state index contributed by atoms with van der Waals surface area (Å²) in [5.41, 5.74) is 2.34. The van der Waals surface area contributed by atoms with Crippen molar-refractivity contribution >= 4 is 0 Å². The quantitative estimate of drug-likeness (QED) is 0.729. The van der Waals surface area contributed by atoms with Crippen LogP contribution in [0.15, 0.2) is 6.07 Å². The van der Waals surface area contributed by atoms with E-state index in [9.17, 15) is 0 Å². The van der Waals surface area contributed by atoms with Gasteiger partial charge in [-0.15, -0.1) is 0 Å². The highest BCUT2D eigenvalue weighted by Crippen LogP contribution is 2.19. The first kappa shape index (κ1) is 13.5. The van der Waals surface area contributed by atoms with E-state index in [2.05, 4.69) is 16.0 Å². The molecule has 0 radical (unpaired) electrons. The molecule has 4 nitrogen and oxygen atoms in total. The number of nitriles is 1. The number of aromatic nitrogens is 1. The highest BCUT2D eigenvalue weighted by Gasteiger charge is 2.09. The molecular weight excluding hydrogens is 214 g/mol. The lowest BCUT2D eigenvalue weighted by molar-refractivity contribution is 0.272. The summed E-state index contributed by atoms with van der Waals surface area (Å²) < 4.78 is 5.58. The SMILES string of the molecule is Cc1cc(C)c(C#N)c(OCCCN(C)C)n1. The third-order valence-electron chi connectivity index (χ3n) is 2.41. The predicted octanol–water partition coefficient (Wildman–Crippen LogP) is 1.90. The smallest absolute Gasteiger partial charge is 0.232 e. The molecular formula is C13H19N3O. The lowest BCUT2D eigenvalue weighted by atomic mass is 10.1. The van der Waals surface area contributed by atoms with Crippen LogP contribution in [0, 0.1) is 25.2 Å². The summed E-state index contributed by atoms with van der Waals surface area (Å²) in [6.45, 7) is 5.36. The molecule has 0 fully saturated rings. The molecule has 92 valence electrons. The molecule has 0 aromatic carbocycles. The number of rotatable bonds is 5. The molecule has 0 aliphatic carbocycles. The van der Waals surface area contributed by atoms with Gasteiger partial charge in [0.05, 0.1) is 6.61 Å². The molecule has 1 aromatic heterocycles. The van der Waals surface area contributed by atoms with Crippen LogP contribution in [0.25, 0.3) is 0 Å². The zero-order valence-electron chi connectivity index (χ0n) is 10.9. The van der Waals surface area contributed by atoms with Crippen LogP contribution in [-0.2, 0) is 0 Å². The van der Waals surface area contributed by atoms with E-state index in [1.807, 2.05) is 34.0 Å². The maximum Gasteiger partial charge on any atom is 0.232 e. The van der Waals surface area contributed by atoms with E-state index < -0.39 is 0 Å². The van der Waals surface area contributed by atoms with Gasteiger partial charge in [0.25, 0.3) is 0 Å². The molecule has 0 bridgehead atoms. The van der Waals surface area contributed by atoms with E-state index in [0.717, 1.165) is 24.2 Å². The van der Waals surface area contributed by atoms with Gasteiger partial charge in [-0.05, 0) is 46.0 Å². The summed E-state index contributed by atoms with van der Waals surface area (Å²) in [4.78, 5) is 6.36. The molecule has 0 atom stereocenters. The summed E-state index contributed by atoms with van der Waals surface area (Å²) in [7, 11) is 4.05.